The van der Waals surface area contributed by atoms with Gasteiger partial charge in [-0.25, -0.2) is 8.42 Å². The number of ether oxygens (including phenoxy) is 3. The molecule has 0 N–H and O–H groups in total. The average molecular weight is 386 g/mol. The van der Waals surface area contributed by atoms with Gasteiger partial charge in [0.2, 0.25) is 0 Å². The lowest BCUT2D eigenvalue weighted by molar-refractivity contribution is 0.354. The Hall–Kier alpha value is -2.12. The van der Waals surface area contributed by atoms with Crippen LogP contribution < -0.4 is 18.5 Å². The highest BCUT2D eigenvalue weighted by molar-refractivity contribution is 7.92. The molecular formula is C17H20ClNO5S. The SMILES string of the molecule is CCN(c1cc(Cl)ccc1OC)S(=O)(=O)c1ccc(OC)c(OC)c1. The van der Waals surface area contributed by atoms with Crippen LogP contribution >= 0.6 is 11.6 Å². The van der Waals surface area contributed by atoms with Crippen molar-refractivity contribution in [3.63, 3.8) is 0 Å². The second kappa shape index (κ2) is 7.84. The number of benzene rings is 2. The molecule has 2 aromatic rings. The van der Waals surface area contributed by atoms with Crippen molar-refractivity contribution in [2.45, 2.75) is 11.8 Å². The fourth-order valence-electron chi connectivity index (χ4n) is 2.43. The van der Waals surface area contributed by atoms with Crippen LogP contribution in [0.25, 0.3) is 0 Å². The Morgan fingerprint density at radius 2 is 1.52 bits per heavy atom. The highest BCUT2D eigenvalue weighted by Gasteiger charge is 2.27. The number of methoxy groups -OCH3 is 3. The minimum absolute atomic E-state index is 0.0778. The van der Waals surface area contributed by atoms with Crippen molar-refractivity contribution in [1.82, 2.24) is 0 Å². The summed E-state index contributed by atoms with van der Waals surface area (Å²) >= 11 is 6.04. The Labute approximate surface area is 152 Å². The molecule has 0 atom stereocenters. The average Bonchev–Trinajstić information content (AvgIpc) is 2.61. The Balaban J connectivity index is 2.59. The summed E-state index contributed by atoms with van der Waals surface area (Å²) in [6.45, 7) is 1.94. The van der Waals surface area contributed by atoms with Crippen molar-refractivity contribution in [2.24, 2.45) is 0 Å². The van der Waals surface area contributed by atoms with Gasteiger partial charge in [0.15, 0.2) is 11.5 Å². The van der Waals surface area contributed by atoms with Crippen molar-refractivity contribution >= 4 is 27.3 Å². The van der Waals surface area contributed by atoms with E-state index >= 15 is 0 Å². The maximum atomic E-state index is 13.1. The molecule has 25 heavy (non-hydrogen) atoms. The van der Waals surface area contributed by atoms with Gasteiger partial charge in [0.1, 0.15) is 5.75 Å². The molecular weight excluding hydrogens is 366 g/mol. The highest BCUT2D eigenvalue weighted by Crippen LogP contribution is 2.36. The van der Waals surface area contributed by atoms with E-state index in [0.717, 1.165) is 0 Å². The summed E-state index contributed by atoms with van der Waals surface area (Å²) in [6.07, 6.45) is 0. The molecule has 0 aliphatic carbocycles. The number of sulfonamides is 1. The molecule has 0 bridgehead atoms. The summed E-state index contributed by atoms with van der Waals surface area (Å²) in [5.41, 5.74) is 0.368. The van der Waals surface area contributed by atoms with Crippen LogP contribution in [0.3, 0.4) is 0 Å². The number of nitrogens with zero attached hydrogens (tertiary/aromatic N) is 1. The largest absolute Gasteiger partial charge is 0.495 e. The molecule has 0 heterocycles. The van der Waals surface area contributed by atoms with Gasteiger partial charge in [-0.1, -0.05) is 11.6 Å². The topological polar surface area (TPSA) is 65.1 Å². The maximum Gasteiger partial charge on any atom is 0.264 e. The molecule has 0 aromatic heterocycles. The first kappa shape index (κ1) is 19.2. The monoisotopic (exact) mass is 385 g/mol. The molecule has 0 fully saturated rings. The molecule has 0 unspecified atom stereocenters. The van der Waals surface area contributed by atoms with Gasteiger partial charge in [0.25, 0.3) is 10.0 Å². The van der Waals surface area contributed by atoms with Crippen molar-refractivity contribution < 1.29 is 22.6 Å². The Morgan fingerprint density at radius 1 is 0.920 bits per heavy atom. The van der Waals surface area contributed by atoms with Gasteiger partial charge in [-0.3, -0.25) is 4.31 Å². The summed E-state index contributed by atoms with van der Waals surface area (Å²) in [7, 11) is 0.561. The van der Waals surface area contributed by atoms with Gasteiger partial charge >= 0.3 is 0 Å². The fourth-order valence-corrected chi connectivity index (χ4v) is 4.09. The van der Waals surface area contributed by atoms with Crippen LogP contribution in [0, 0.1) is 0 Å². The minimum atomic E-state index is -3.85. The number of anilines is 1. The molecule has 0 aliphatic heterocycles. The quantitative estimate of drug-likeness (QED) is 0.728. The van der Waals surface area contributed by atoms with Crippen molar-refractivity contribution in [1.29, 1.82) is 0 Å². The maximum absolute atomic E-state index is 13.1. The minimum Gasteiger partial charge on any atom is -0.495 e. The number of hydrogen-bond donors (Lipinski definition) is 0. The van der Waals surface area contributed by atoms with E-state index in [-0.39, 0.29) is 11.4 Å². The fraction of sp³-hybridized carbons (Fsp3) is 0.294. The molecule has 0 saturated carbocycles. The van der Waals surface area contributed by atoms with Crippen LogP contribution in [0.4, 0.5) is 5.69 Å². The predicted molar refractivity (Wildman–Crippen MR) is 97.8 cm³/mol. The molecule has 0 spiro atoms. The first-order valence-electron chi connectivity index (χ1n) is 7.47. The molecule has 0 aliphatic rings. The second-order valence-electron chi connectivity index (χ2n) is 5.00. The molecule has 136 valence electrons. The zero-order chi connectivity index (χ0) is 18.6. The van der Waals surface area contributed by atoms with Gasteiger partial charge in [0, 0.05) is 17.6 Å². The number of hydrogen-bond acceptors (Lipinski definition) is 5. The van der Waals surface area contributed by atoms with E-state index in [2.05, 4.69) is 0 Å². The highest BCUT2D eigenvalue weighted by atomic mass is 35.5. The Kier molecular flexibility index (Phi) is 6.02. The van der Waals surface area contributed by atoms with Crippen LogP contribution in [0.5, 0.6) is 17.2 Å². The summed E-state index contributed by atoms with van der Waals surface area (Å²) in [4.78, 5) is 0.0778. The summed E-state index contributed by atoms with van der Waals surface area (Å²) in [5.74, 6) is 1.19. The zero-order valence-corrected chi connectivity index (χ0v) is 16.0. The van der Waals surface area contributed by atoms with Crippen molar-refractivity contribution in [3.05, 3.63) is 41.4 Å². The lowest BCUT2D eigenvalue weighted by Crippen LogP contribution is -2.31. The van der Waals surface area contributed by atoms with Gasteiger partial charge in [-0.2, -0.15) is 0 Å². The lowest BCUT2D eigenvalue weighted by Gasteiger charge is -2.25. The number of rotatable bonds is 7. The smallest absolute Gasteiger partial charge is 0.264 e. The molecule has 2 rings (SSSR count). The van der Waals surface area contributed by atoms with Crippen LogP contribution in [-0.2, 0) is 10.0 Å². The third kappa shape index (κ3) is 3.77. The first-order valence-corrected chi connectivity index (χ1v) is 9.29. The molecule has 8 heteroatoms. The van der Waals surface area contributed by atoms with Gasteiger partial charge in [0.05, 0.1) is 31.9 Å². The summed E-state index contributed by atoms with van der Waals surface area (Å²) < 4.78 is 43.2. The Morgan fingerprint density at radius 3 is 2.08 bits per heavy atom. The van der Waals surface area contributed by atoms with E-state index in [1.807, 2.05) is 0 Å². The normalized spacial score (nSPS) is 11.1. The third-order valence-corrected chi connectivity index (χ3v) is 5.76. The zero-order valence-electron chi connectivity index (χ0n) is 14.4. The van der Waals surface area contributed by atoms with Gasteiger partial charge in [-0.15, -0.1) is 0 Å². The molecule has 0 saturated heterocycles. The standard InChI is InChI=1S/C17H20ClNO5S/c1-5-19(14-10-12(18)6-8-15(14)22-2)25(20,21)13-7-9-16(23-3)17(11-13)24-4/h6-11H,5H2,1-4H3. The number of halogens is 1. The van der Waals surface area contributed by atoms with Crippen molar-refractivity contribution in [2.75, 3.05) is 32.2 Å². The molecule has 0 radical (unpaired) electrons. The predicted octanol–water partition coefficient (Wildman–Crippen LogP) is 3.58. The van der Waals surface area contributed by atoms with Crippen LogP contribution in [0.15, 0.2) is 41.3 Å². The lowest BCUT2D eigenvalue weighted by atomic mass is 10.3. The Bertz CT molecular complexity index is 854. The summed E-state index contributed by atoms with van der Waals surface area (Å²) in [6, 6.07) is 9.27. The van der Waals surface area contributed by atoms with E-state index in [1.165, 1.54) is 37.8 Å². The summed E-state index contributed by atoms with van der Waals surface area (Å²) in [5, 5.41) is 0.414. The molecule has 6 nitrogen and oxygen atoms in total. The second-order valence-corrected chi connectivity index (χ2v) is 7.30. The van der Waals surface area contributed by atoms with E-state index < -0.39 is 10.0 Å². The molecule has 2 aromatic carbocycles. The van der Waals surface area contributed by atoms with Crippen LogP contribution in [0.2, 0.25) is 5.02 Å². The molecule has 0 amide bonds. The van der Waals surface area contributed by atoms with Gasteiger partial charge < -0.3 is 14.2 Å². The van der Waals surface area contributed by atoms with E-state index in [1.54, 1.807) is 31.2 Å². The van der Waals surface area contributed by atoms with E-state index in [4.69, 9.17) is 25.8 Å². The van der Waals surface area contributed by atoms with E-state index in [9.17, 15) is 8.42 Å². The van der Waals surface area contributed by atoms with Crippen LogP contribution in [-0.4, -0.2) is 36.3 Å². The van der Waals surface area contributed by atoms with Gasteiger partial charge in [-0.05, 0) is 37.3 Å². The van der Waals surface area contributed by atoms with E-state index in [0.29, 0.717) is 28.0 Å². The van der Waals surface area contributed by atoms with Crippen LogP contribution in [0.1, 0.15) is 6.92 Å². The van der Waals surface area contributed by atoms with Crippen molar-refractivity contribution in [3.8, 4) is 17.2 Å². The first-order chi connectivity index (χ1) is 11.9. The third-order valence-electron chi connectivity index (χ3n) is 3.64.